The van der Waals surface area contributed by atoms with Crippen LogP contribution in [0.25, 0.3) is 0 Å². The Labute approximate surface area is 229 Å². The Morgan fingerprint density at radius 2 is 0.794 bits per heavy atom. The molecule has 0 nitrogen and oxygen atoms in total. The zero-order valence-corrected chi connectivity index (χ0v) is 23.8. The molecule has 0 aliphatic heterocycles. The van der Waals surface area contributed by atoms with Crippen LogP contribution in [0.1, 0.15) is 16.7 Å². The zero-order chi connectivity index (χ0) is 23.4. The van der Waals surface area contributed by atoms with Gasteiger partial charge >= 0.3 is 0 Å². The summed E-state index contributed by atoms with van der Waals surface area (Å²) < 4.78 is -0.323. The first-order valence-electron chi connectivity index (χ1n) is 11.2. The predicted molar refractivity (Wildman–Crippen MR) is 166 cm³/mol. The van der Waals surface area contributed by atoms with Gasteiger partial charge in [-0.15, -0.1) is 0 Å². The fraction of sp³-hybridized carbons (Fsp3) is 0.0323. The van der Waals surface area contributed by atoms with Gasteiger partial charge in [-0.1, -0.05) is 138 Å². The van der Waals surface area contributed by atoms with Gasteiger partial charge < -0.3 is 0 Å². The average molecular weight is 681 g/mol. The summed E-state index contributed by atoms with van der Waals surface area (Å²) in [5.74, 6) is 0. The molecule has 0 unspecified atom stereocenters. The minimum absolute atomic E-state index is 0.323. The second kappa shape index (κ2) is 10.3. The summed E-state index contributed by atoms with van der Waals surface area (Å²) in [5, 5.41) is 4.18. The molecule has 0 atom stereocenters. The van der Waals surface area contributed by atoms with Gasteiger partial charge in [0.05, 0.1) is 0 Å². The van der Waals surface area contributed by atoms with Crippen LogP contribution >= 0.6 is 49.5 Å². The first kappa shape index (κ1) is 23.7. The Morgan fingerprint density at radius 3 is 1.24 bits per heavy atom. The smallest absolute Gasteiger partial charge is 0.0629 e. The Hall–Kier alpha value is -2.01. The Morgan fingerprint density at radius 1 is 0.441 bits per heavy atom. The molecule has 5 aromatic carbocycles. The van der Waals surface area contributed by atoms with Crippen LogP contribution in [-0.4, -0.2) is 0 Å². The molecule has 0 bridgehead atoms. The molecule has 0 saturated heterocycles. The van der Waals surface area contributed by atoms with Crippen molar-refractivity contribution in [2.75, 3.05) is 0 Å². The van der Waals surface area contributed by atoms with E-state index in [9.17, 15) is 0 Å². The number of hydrogen-bond acceptors (Lipinski definition) is 0. The Kier molecular flexibility index (Phi) is 7.19. The molecule has 0 radical (unpaired) electrons. The third-order valence-corrected chi connectivity index (χ3v) is 16.0. The van der Waals surface area contributed by atoms with Crippen LogP contribution in [-0.2, 0) is 3.42 Å². The van der Waals surface area contributed by atoms with Gasteiger partial charge in [0, 0.05) is 5.56 Å². The summed E-state index contributed by atoms with van der Waals surface area (Å²) in [6, 6.07) is 53.0. The number of halogens is 2. The van der Waals surface area contributed by atoms with E-state index in [4.69, 9.17) is 0 Å². The summed E-state index contributed by atoms with van der Waals surface area (Å²) in [5.41, 5.74) is 3.93. The maximum absolute atomic E-state index is 2.78. The Bertz CT molecular complexity index is 1170. The third-order valence-electron chi connectivity index (χ3n) is 6.17. The molecule has 0 N–H and O–H groups in total. The lowest BCUT2D eigenvalue weighted by Crippen LogP contribution is -2.34. The van der Waals surface area contributed by atoms with Crippen LogP contribution in [0.2, 0.25) is 0 Å². The van der Waals surface area contributed by atoms with Crippen molar-refractivity contribution < 1.29 is 0 Å². The predicted octanol–water partition coefficient (Wildman–Crippen LogP) is 8.06. The van der Waals surface area contributed by atoms with E-state index in [-0.39, 0.29) is 3.42 Å². The van der Waals surface area contributed by atoms with Crippen molar-refractivity contribution in [1.82, 2.24) is 0 Å². The van der Waals surface area contributed by atoms with E-state index in [1.807, 2.05) is 0 Å². The molecule has 5 aromatic rings. The molecule has 34 heavy (non-hydrogen) atoms. The highest BCUT2D eigenvalue weighted by Crippen LogP contribution is 2.65. The number of hydrogen-bond donors (Lipinski definition) is 0. The molecular formula is C31H24I2P+. The van der Waals surface area contributed by atoms with Crippen molar-refractivity contribution >= 4 is 65.5 Å². The van der Waals surface area contributed by atoms with Crippen LogP contribution in [0.15, 0.2) is 146 Å². The maximum Gasteiger partial charge on any atom is 0.173 e. The van der Waals surface area contributed by atoms with Crippen molar-refractivity contribution in [3.63, 3.8) is 0 Å². The fourth-order valence-electron chi connectivity index (χ4n) is 4.54. The van der Waals surface area contributed by atoms with Gasteiger partial charge in [0.1, 0.15) is 19.3 Å². The SMILES string of the molecule is IC(c1ccccc1)(c1ccccc1)c1ccccc1[P+](I)(c1ccccc1)c1ccccc1. The van der Waals surface area contributed by atoms with E-state index in [0.717, 1.165) is 0 Å². The van der Waals surface area contributed by atoms with E-state index >= 15 is 0 Å². The van der Waals surface area contributed by atoms with Crippen molar-refractivity contribution in [3.05, 3.63) is 162 Å². The first-order valence-corrected chi connectivity index (χ1v) is 16.9. The van der Waals surface area contributed by atoms with Crippen molar-refractivity contribution in [1.29, 1.82) is 0 Å². The minimum atomic E-state index is -1.94. The fourth-order valence-corrected chi connectivity index (χ4v) is 12.0. The lowest BCUT2D eigenvalue weighted by molar-refractivity contribution is 0.947. The van der Waals surface area contributed by atoms with Crippen molar-refractivity contribution in [2.45, 2.75) is 3.42 Å². The molecule has 0 fully saturated rings. The summed E-state index contributed by atoms with van der Waals surface area (Å²) in [4.78, 5) is -1.94. The van der Waals surface area contributed by atoms with Gasteiger partial charge in [-0.3, -0.25) is 0 Å². The van der Waals surface area contributed by atoms with Gasteiger partial charge in [-0.2, -0.15) is 0 Å². The highest BCUT2D eigenvalue weighted by atomic mass is 127. The molecule has 0 saturated carbocycles. The number of benzene rings is 5. The van der Waals surface area contributed by atoms with E-state index in [1.54, 1.807) is 0 Å². The quantitative estimate of drug-likeness (QED) is 0.0737. The molecule has 0 spiro atoms. The van der Waals surface area contributed by atoms with Gasteiger partial charge in [0.2, 0.25) is 0 Å². The highest BCUT2D eigenvalue weighted by molar-refractivity contribution is 14.2. The first-order chi connectivity index (χ1) is 16.6. The summed E-state index contributed by atoms with van der Waals surface area (Å²) >= 11 is 5.48. The van der Waals surface area contributed by atoms with Crippen molar-refractivity contribution in [3.8, 4) is 0 Å². The number of alkyl halides is 1. The van der Waals surface area contributed by atoms with Crippen molar-refractivity contribution in [2.24, 2.45) is 0 Å². The molecule has 166 valence electrons. The maximum atomic E-state index is 2.78. The standard InChI is InChI=1S/C31H24I2P/c32-31(25-15-5-1-6-16-25,26-17-7-2-8-18-26)29-23-13-14-24-30(29)34(33,27-19-9-3-10-20-27)28-21-11-4-12-22-28/h1-24H/q+1. The average Bonchev–Trinajstić information content (AvgIpc) is 2.94. The molecule has 0 aliphatic rings. The third kappa shape index (κ3) is 4.25. The van der Waals surface area contributed by atoms with E-state index in [1.165, 1.54) is 32.6 Å². The normalized spacial score (nSPS) is 11.8. The molecule has 0 aliphatic carbocycles. The van der Waals surface area contributed by atoms with Crippen LogP contribution in [0.3, 0.4) is 0 Å². The van der Waals surface area contributed by atoms with E-state index in [2.05, 4.69) is 190 Å². The minimum Gasteiger partial charge on any atom is -0.0629 e. The van der Waals surface area contributed by atoms with Crippen LogP contribution < -0.4 is 15.9 Å². The molecule has 3 heteroatoms. The lowest BCUT2D eigenvalue weighted by Gasteiger charge is -2.33. The summed E-state index contributed by atoms with van der Waals surface area (Å²) in [6.07, 6.45) is 0. The molecule has 0 heterocycles. The topological polar surface area (TPSA) is 0 Å². The molecule has 5 rings (SSSR count). The van der Waals surface area contributed by atoms with Crippen LogP contribution in [0, 0.1) is 0 Å². The molecule has 0 amide bonds. The molecule has 0 aromatic heterocycles. The lowest BCUT2D eigenvalue weighted by atomic mass is 9.85. The second-order valence-electron chi connectivity index (χ2n) is 8.17. The largest absolute Gasteiger partial charge is 0.173 e. The van der Waals surface area contributed by atoms with Crippen LogP contribution in [0.4, 0.5) is 0 Å². The monoisotopic (exact) mass is 681 g/mol. The zero-order valence-electron chi connectivity index (χ0n) is 18.6. The summed E-state index contributed by atoms with van der Waals surface area (Å²) in [6.45, 7) is 0. The van der Waals surface area contributed by atoms with Gasteiger partial charge in [-0.25, -0.2) is 0 Å². The Balaban J connectivity index is 1.85. The number of rotatable bonds is 6. The van der Waals surface area contributed by atoms with Crippen LogP contribution in [0.5, 0.6) is 0 Å². The van der Waals surface area contributed by atoms with E-state index in [0.29, 0.717) is 0 Å². The van der Waals surface area contributed by atoms with E-state index < -0.39 is 4.90 Å². The second-order valence-corrected chi connectivity index (χ2v) is 16.8. The van der Waals surface area contributed by atoms with Gasteiger partial charge in [0.25, 0.3) is 0 Å². The molecular weight excluding hydrogens is 657 g/mol. The highest BCUT2D eigenvalue weighted by Gasteiger charge is 2.49. The van der Waals surface area contributed by atoms with Gasteiger partial charge in [-0.05, 0) is 41.5 Å². The summed E-state index contributed by atoms with van der Waals surface area (Å²) in [7, 11) is 0. The van der Waals surface area contributed by atoms with Gasteiger partial charge in [0.15, 0.2) is 26.9 Å².